The van der Waals surface area contributed by atoms with Crippen molar-refractivity contribution in [1.29, 1.82) is 0 Å². The van der Waals surface area contributed by atoms with Crippen LogP contribution in [-0.2, 0) is 0 Å². The average Bonchev–Trinajstić information content (AvgIpc) is 2.73. The number of carbonyl (C=O) groups is 1. The molecule has 0 atom stereocenters. The standard InChI is InChI=1S/C13H10Br2FNOS/c1-2-17(9-5-3-8(16)4-6-9)13(18)11-7-10(14)12(15)19-11/h3-7H,2H2,1H3. The summed E-state index contributed by atoms with van der Waals surface area (Å²) >= 11 is 8.11. The zero-order valence-corrected chi connectivity index (χ0v) is 14.0. The van der Waals surface area contributed by atoms with Gasteiger partial charge >= 0.3 is 0 Å². The van der Waals surface area contributed by atoms with Gasteiger partial charge in [-0.15, -0.1) is 11.3 Å². The Morgan fingerprint density at radius 2 is 1.95 bits per heavy atom. The van der Waals surface area contributed by atoms with Gasteiger partial charge in [0.15, 0.2) is 0 Å². The van der Waals surface area contributed by atoms with Gasteiger partial charge in [-0.05, 0) is 69.1 Å². The summed E-state index contributed by atoms with van der Waals surface area (Å²) in [6.45, 7) is 2.41. The van der Waals surface area contributed by atoms with Crippen molar-refractivity contribution in [1.82, 2.24) is 0 Å². The lowest BCUT2D eigenvalue weighted by molar-refractivity contribution is 0.0992. The Balaban J connectivity index is 2.31. The molecule has 0 aliphatic carbocycles. The Morgan fingerprint density at radius 1 is 1.32 bits per heavy atom. The minimum absolute atomic E-state index is 0.0921. The van der Waals surface area contributed by atoms with Crippen molar-refractivity contribution in [2.24, 2.45) is 0 Å². The number of hydrogen-bond acceptors (Lipinski definition) is 2. The number of anilines is 1. The van der Waals surface area contributed by atoms with Gasteiger partial charge in [-0.25, -0.2) is 4.39 Å². The number of carbonyl (C=O) groups excluding carboxylic acids is 1. The van der Waals surface area contributed by atoms with E-state index in [0.29, 0.717) is 17.1 Å². The third-order valence-electron chi connectivity index (χ3n) is 2.56. The van der Waals surface area contributed by atoms with Crippen LogP contribution in [0.3, 0.4) is 0 Å². The lowest BCUT2D eigenvalue weighted by Gasteiger charge is -2.20. The number of hydrogen-bond donors (Lipinski definition) is 0. The number of nitrogens with zero attached hydrogens (tertiary/aromatic N) is 1. The first kappa shape index (κ1) is 14.7. The topological polar surface area (TPSA) is 20.3 Å². The quantitative estimate of drug-likeness (QED) is 0.695. The molecule has 0 unspecified atom stereocenters. The van der Waals surface area contributed by atoms with Crippen molar-refractivity contribution in [2.75, 3.05) is 11.4 Å². The van der Waals surface area contributed by atoms with E-state index in [9.17, 15) is 9.18 Å². The van der Waals surface area contributed by atoms with E-state index in [2.05, 4.69) is 31.9 Å². The Hall–Kier alpha value is -0.720. The lowest BCUT2D eigenvalue weighted by Crippen LogP contribution is -2.29. The molecular weight excluding hydrogens is 397 g/mol. The van der Waals surface area contributed by atoms with Gasteiger partial charge < -0.3 is 4.90 Å². The van der Waals surface area contributed by atoms with E-state index in [1.165, 1.54) is 23.5 Å². The molecule has 0 aliphatic heterocycles. The van der Waals surface area contributed by atoms with Crippen LogP contribution in [0, 0.1) is 5.82 Å². The molecule has 0 saturated heterocycles. The summed E-state index contributed by atoms with van der Waals surface area (Å²) in [5.41, 5.74) is 0.689. The summed E-state index contributed by atoms with van der Waals surface area (Å²) in [6, 6.07) is 7.70. The fourth-order valence-corrected chi connectivity index (χ4v) is 3.63. The van der Waals surface area contributed by atoms with Gasteiger partial charge in [0, 0.05) is 16.7 Å². The summed E-state index contributed by atoms with van der Waals surface area (Å²) in [7, 11) is 0. The summed E-state index contributed by atoms with van der Waals surface area (Å²) < 4.78 is 14.7. The maximum atomic E-state index is 12.9. The molecule has 2 rings (SSSR count). The van der Waals surface area contributed by atoms with Crippen LogP contribution in [0.4, 0.5) is 10.1 Å². The highest BCUT2D eigenvalue weighted by Gasteiger charge is 2.19. The zero-order valence-electron chi connectivity index (χ0n) is 9.99. The molecule has 19 heavy (non-hydrogen) atoms. The molecule has 0 aliphatic rings. The molecule has 0 spiro atoms. The predicted octanol–water partition coefficient (Wildman–Crippen LogP) is 5.08. The highest BCUT2D eigenvalue weighted by atomic mass is 79.9. The van der Waals surface area contributed by atoms with Crippen molar-refractivity contribution in [3.63, 3.8) is 0 Å². The van der Waals surface area contributed by atoms with E-state index >= 15 is 0 Å². The van der Waals surface area contributed by atoms with Gasteiger partial charge in [-0.2, -0.15) is 0 Å². The van der Waals surface area contributed by atoms with E-state index in [-0.39, 0.29) is 11.7 Å². The van der Waals surface area contributed by atoms with Crippen LogP contribution in [-0.4, -0.2) is 12.5 Å². The number of rotatable bonds is 3. The first-order valence-corrected chi connectivity index (χ1v) is 7.95. The Morgan fingerprint density at radius 3 is 2.42 bits per heavy atom. The minimum Gasteiger partial charge on any atom is -0.308 e. The second kappa shape index (κ2) is 6.15. The molecule has 0 saturated carbocycles. The first-order chi connectivity index (χ1) is 9.02. The van der Waals surface area contributed by atoms with Crippen molar-refractivity contribution >= 4 is 54.8 Å². The van der Waals surface area contributed by atoms with E-state index < -0.39 is 0 Å². The maximum absolute atomic E-state index is 12.9. The minimum atomic E-state index is -0.311. The molecule has 1 aromatic carbocycles. The largest absolute Gasteiger partial charge is 0.308 e. The highest BCUT2D eigenvalue weighted by molar-refractivity contribution is 9.13. The molecule has 0 fully saturated rings. The molecule has 1 heterocycles. The van der Waals surface area contributed by atoms with Crippen molar-refractivity contribution in [3.05, 3.63) is 49.3 Å². The van der Waals surface area contributed by atoms with Crippen LogP contribution in [0.15, 0.2) is 38.6 Å². The van der Waals surface area contributed by atoms with Gasteiger partial charge in [0.25, 0.3) is 5.91 Å². The van der Waals surface area contributed by atoms with Gasteiger partial charge in [0.1, 0.15) is 5.82 Å². The molecule has 100 valence electrons. The van der Waals surface area contributed by atoms with E-state index in [4.69, 9.17) is 0 Å². The summed E-state index contributed by atoms with van der Waals surface area (Å²) in [6.07, 6.45) is 0. The molecule has 2 aromatic rings. The van der Waals surface area contributed by atoms with Crippen LogP contribution in [0.2, 0.25) is 0 Å². The molecular formula is C13H10Br2FNOS. The van der Waals surface area contributed by atoms with Crippen LogP contribution in [0.1, 0.15) is 16.6 Å². The zero-order chi connectivity index (χ0) is 14.0. The first-order valence-electron chi connectivity index (χ1n) is 5.55. The fraction of sp³-hybridized carbons (Fsp3) is 0.154. The summed E-state index contributed by atoms with van der Waals surface area (Å²) in [5.74, 6) is -0.403. The van der Waals surface area contributed by atoms with Crippen LogP contribution in [0.25, 0.3) is 0 Å². The monoisotopic (exact) mass is 405 g/mol. The third kappa shape index (κ3) is 3.24. The lowest BCUT2D eigenvalue weighted by atomic mass is 10.2. The Kier molecular flexibility index (Phi) is 4.76. The Bertz CT molecular complexity index is 578. The smallest absolute Gasteiger partial charge is 0.268 e. The predicted molar refractivity (Wildman–Crippen MR) is 83.5 cm³/mol. The van der Waals surface area contributed by atoms with Gasteiger partial charge in [-0.3, -0.25) is 4.79 Å². The van der Waals surface area contributed by atoms with Crippen molar-refractivity contribution < 1.29 is 9.18 Å². The van der Waals surface area contributed by atoms with E-state index in [1.807, 2.05) is 6.92 Å². The molecule has 0 bridgehead atoms. The molecule has 1 aromatic heterocycles. The highest BCUT2D eigenvalue weighted by Crippen LogP contribution is 2.33. The van der Waals surface area contributed by atoms with Crippen LogP contribution >= 0.6 is 43.2 Å². The van der Waals surface area contributed by atoms with Crippen molar-refractivity contribution in [2.45, 2.75) is 6.92 Å². The number of halogens is 3. The van der Waals surface area contributed by atoms with E-state index in [0.717, 1.165) is 8.26 Å². The van der Waals surface area contributed by atoms with Gasteiger partial charge in [0.2, 0.25) is 0 Å². The summed E-state index contributed by atoms with van der Waals surface area (Å²) in [4.78, 5) is 14.7. The fourth-order valence-electron chi connectivity index (χ4n) is 1.65. The normalized spacial score (nSPS) is 10.5. The summed E-state index contributed by atoms with van der Waals surface area (Å²) in [5, 5.41) is 0. The average molecular weight is 407 g/mol. The van der Waals surface area contributed by atoms with Crippen molar-refractivity contribution in [3.8, 4) is 0 Å². The third-order valence-corrected chi connectivity index (χ3v) is 5.80. The molecule has 2 nitrogen and oxygen atoms in total. The van der Waals surface area contributed by atoms with Crippen LogP contribution < -0.4 is 4.90 Å². The second-order valence-electron chi connectivity index (χ2n) is 3.76. The second-order valence-corrected chi connectivity index (χ2v) is 6.98. The van der Waals surface area contributed by atoms with Gasteiger partial charge in [-0.1, -0.05) is 0 Å². The number of thiophene rings is 1. The van der Waals surface area contributed by atoms with Gasteiger partial charge in [0.05, 0.1) is 8.66 Å². The molecule has 1 amide bonds. The molecule has 0 N–H and O–H groups in total. The Labute approximate surface area is 131 Å². The number of amides is 1. The van der Waals surface area contributed by atoms with Crippen LogP contribution in [0.5, 0.6) is 0 Å². The SMILES string of the molecule is CCN(C(=O)c1cc(Br)c(Br)s1)c1ccc(F)cc1. The number of benzene rings is 1. The molecule has 0 radical (unpaired) electrons. The molecule has 6 heteroatoms. The van der Waals surface area contributed by atoms with E-state index in [1.54, 1.807) is 23.1 Å². The maximum Gasteiger partial charge on any atom is 0.268 e.